The van der Waals surface area contributed by atoms with Crippen molar-refractivity contribution >= 4 is 11.9 Å². The third-order valence-electron chi connectivity index (χ3n) is 1.37. The van der Waals surface area contributed by atoms with Crippen LogP contribution in [0.1, 0.15) is 0 Å². The number of carbonyl (C=O) groups is 2. The maximum Gasteiger partial charge on any atom is 0.341 e. The number of hydrogen-bond acceptors (Lipinski definition) is 4. The summed E-state index contributed by atoms with van der Waals surface area (Å²) in [7, 11) is 1.34. The van der Waals surface area contributed by atoms with E-state index in [0.717, 1.165) is 0 Å². The predicted molar refractivity (Wildman–Crippen MR) is 59.1 cm³/mol. The molecule has 0 aliphatic heterocycles. The number of benzene rings is 1. The van der Waals surface area contributed by atoms with Crippen LogP contribution in [-0.2, 0) is 14.3 Å². The van der Waals surface area contributed by atoms with Crippen molar-refractivity contribution in [1.82, 2.24) is 0 Å². The summed E-state index contributed by atoms with van der Waals surface area (Å²) in [4.78, 5) is 19.5. The molecule has 0 fully saturated rings. The first kappa shape index (κ1) is 14.9. The van der Waals surface area contributed by atoms with Gasteiger partial charge in [0.1, 0.15) is 12.4 Å². The lowest BCUT2D eigenvalue weighted by Crippen LogP contribution is -2.09. The molecule has 6 heteroatoms. The zero-order valence-electron chi connectivity index (χ0n) is 9.33. The fourth-order valence-electron chi connectivity index (χ4n) is 0.785. The lowest BCUT2D eigenvalue weighted by atomic mass is 10.3. The molecule has 0 radical (unpaired) electrons. The van der Waals surface area contributed by atoms with Gasteiger partial charge in [-0.2, -0.15) is 0 Å². The van der Waals surface area contributed by atoms with E-state index in [-0.39, 0.29) is 13.2 Å². The number of rotatable bonds is 5. The van der Waals surface area contributed by atoms with Gasteiger partial charge in [0.2, 0.25) is 0 Å². The van der Waals surface area contributed by atoms with Gasteiger partial charge in [0.15, 0.2) is 6.61 Å². The van der Waals surface area contributed by atoms with Crippen LogP contribution in [0.3, 0.4) is 0 Å². The topological polar surface area (TPSA) is 93.1 Å². The van der Waals surface area contributed by atoms with E-state index in [1.807, 2.05) is 6.07 Å². The largest absolute Gasteiger partial charge is 0.482 e. The van der Waals surface area contributed by atoms with Crippen molar-refractivity contribution in [1.29, 1.82) is 0 Å². The second-order valence-electron chi connectivity index (χ2n) is 2.82. The molecule has 0 saturated carbocycles. The van der Waals surface area contributed by atoms with Crippen molar-refractivity contribution in [3.05, 3.63) is 30.3 Å². The maximum atomic E-state index is 10.0. The third kappa shape index (κ3) is 10.2. The Hall–Kier alpha value is -2.08. The van der Waals surface area contributed by atoms with Crippen molar-refractivity contribution in [2.75, 3.05) is 20.3 Å². The SMILES string of the molecule is COCC(=O)O.O=C(O)COc1ccccc1. The highest BCUT2D eigenvalue weighted by atomic mass is 16.5. The van der Waals surface area contributed by atoms with Gasteiger partial charge in [-0.15, -0.1) is 0 Å². The minimum Gasteiger partial charge on any atom is -0.482 e. The van der Waals surface area contributed by atoms with Crippen LogP contribution in [0.25, 0.3) is 0 Å². The number of carboxylic acid groups (broad SMARTS) is 2. The van der Waals surface area contributed by atoms with E-state index in [0.29, 0.717) is 5.75 Å². The summed E-state index contributed by atoms with van der Waals surface area (Å²) >= 11 is 0. The van der Waals surface area contributed by atoms with Crippen LogP contribution in [0, 0.1) is 0 Å². The average molecular weight is 242 g/mol. The highest BCUT2D eigenvalue weighted by Crippen LogP contribution is 2.07. The van der Waals surface area contributed by atoms with E-state index in [2.05, 4.69) is 4.74 Å². The molecule has 2 N–H and O–H groups in total. The maximum absolute atomic E-state index is 10.0. The second kappa shape index (κ2) is 9.17. The first-order chi connectivity index (χ1) is 8.06. The van der Waals surface area contributed by atoms with Crippen molar-refractivity contribution in [2.24, 2.45) is 0 Å². The normalized spacial score (nSPS) is 8.76. The van der Waals surface area contributed by atoms with Crippen LogP contribution in [0.4, 0.5) is 0 Å². The van der Waals surface area contributed by atoms with Gasteiger partial charge in [-0.1, -0.05) is 18.2 Å². The molecule has 0 aliphatic carbocycles. The molecule has 0 unspecified atom stereocenters. The first-order valence-electron chi connectivity index (χ1n) is 4.66. The molecule has 0 spiro atoms. The van der Waals surface area contributed by atoms with Gasteiger partial charge < -0.3 is 19.7 Å². The summed E-state index contributed by atoms with van der Waals surface area (Å²) in [5.74, 6) is -1.32. The monoisotopic (exact) mass is 242 g/mol. The molecule has 0 heterocycles. The smallest absolute Gasteiger partial charge is 0.341 e. The van der Waals surface area contributed by atoms with Crippen LogP contribution < -0.4 is 4.74 Å². The van der Waals surface area contributed by atoms with Gasteiger partial charge in [0, 0.05) is 7.11 Å². The zero-order chi connectivity index (χ0) is 13.1. The van der Waals surface area contributed by atoms with Crippen LogP contribution in [0.15, 0.2) is 30.3 Å². The van der Waals surface area contributed by atoms with Crippen molar-refractivity contribution in [3.63, 3.8) is 0 Å². The number of carboxylic acids is 2. The molecule has 1 aromatic carbocycles. The molecule has 6 nitrogen and oxygen atoms in total. The first-order valence-corrected chi connectivity index (χ1v) is 4.66. The molecule has 0 bridgehead atoms. The molecule has 17 heavy (non-hydrogen) atoms. The lowest BCUT2D eigenvalue weighted by Gasteiger charge is -2.00. The van der Waals surface area contributed by atoms with E-state index in [4.69, 9.17) is 14.9 Å². The van der Waals surface area contributed by atoms with E-state index in [1.165, 1.54) is 7.11 Å². The molecule has 0 amide bonds. The summed E-state index contributed by atoms with van der Waals surface area (Å²) < 4.78 is 9.07. The molecule has 1 aromatic rings. The lowest BCUT2D eigenvalue weighted by molar-refractivity contribution is -0.141. The quantitative estimate of drug-likeness (QED) is 0.795. The Labute approximate surface area is 98.4 Å². The summed E-state index contributed by atoms with van der Waals surface area (Å²) in [6.45, 7) is -0.496. The molecular formula is C11H14O6. The van der Waals surface area contributed by atoms with E-state index >= 15 is 0 Å². The molecular weight excluding hydrogens is 228 g/mol. The molecule has 0 atom stereocenters. The zero-order valence-corrected chi connectivity index (χ0v) is 9.33. The van der Waals surface area contributed by atoms with Crippen LogP contribution in [0.2, 0.25) is 0 Å². The van der Waals surface area contributed by atoms with Gasteiger partial charge in [0.25, 0.3) is 0 Å². The van der Waals surface area contributed by atoms with E-state index in [9.17, 15) is 9.59 Å². The van der Waals surface area contributed by atoms with Gasteiger partial charge >= 0.3 is 11.9 Å². The minimum absolute atomic E-state index is 0.208. The fraction of sp³-hybridized carbons (Fsp3) is 0.273. The molecule has 94 valence electrons. The summed E-state index contributed by atoms with van der Waals surface area (Å²) in [6, 6.07) is 8.84. The van der Waals surface area contributed by atoms with Crippen LogP contribution in [-0.4, -0.2) is 42.5 Å². The van der Waals surface area contributed by atoms with Crippen LogP contribution in [0.5, 0.6) is 5.75 Å². The molecule has 0 aromatic heterocycles. The van der Waals surface area contributed by atoms with Crippen LogP contribution >= 0.6 is 0 Å². The molecule has 0 aliphatic rings. The summed E-state index contributed by atoms with van der Waals surface area (Å²) in [5.41, 5.74) is 0. The second-order valence-corrected chi connectivity index (χ2v) is 2.82. The minimum atomic E-state index is -0.964. The Kier molecular flexibility index (Phi) is 8.05. The Morgan fingerprint density at radius 2 is 1.59 bits per heavy atom. The van der Waals surface area contributed by atoms with Crippen molar-refractivity contribution in [3.8, 4) is 5.75 Å². The summed E-state index contributed by atoms with van der Waals surface area (Å²) in [5, 5.41) is 16.0. The molecule has 1 rings (SSSR count). The third-order valence-corrected chi connectivity index (χ3v) is 1.37. The number of aliphatic carboxylic acids is 2. The van der Waals surface area contributed by atoms with Crippen molar-refractivity contribution in [2.45, 2.75) is 0 Å². The summed E-state index contributed by atoms with van der Waals surface area (Å²) in [6.07, 6.45) is 0. The number of methoxy groups -OCH3 is 1. The number of ether oxygens (including phenoxy) is 2. The Morgan fingerprint density at radius 1 is 1.06 bits per heavy atom. The van der Waals surface area contributed by atoms with Gasteiger partial charge in [-0.25, -0.2) is 9.59 Å². The standard InChI is InChI=1S/C8H8O3.C3H6O3/c9-8(10)6-11-7-4-2-1-3-5-7;1-6-2-3(4)5/h1-5H,6H2,(H,9,10);2H2,1H3,(H,4,5). The highest BCUT2D eigenvalue weighted by Gasteiger charge is 1.96. The number of hydrogen-bond donors (Lipinski definition) is 2. The van der Waals surface area contributed by atoms with Gasteiger partial charge in [-0.3, -0.25) is 0 Å². The fourth-order valence-corrected chi connectivity index (χ4v) is 0.785. The van der Waals surface area contributed by atoms with E-state index < -0.39 is 11.9 Å². The van der Waals surface area contributed by atoms with Gasteiger partial charge in [0.05, 0.1) is 0 Å². The Bertz CT molecular complexity index is 335. The Balaban J connectivity index is 0.000000366. The number of para-hydroxylation sites is 1. The van der Waals surface area contributed by atoms with Gasteiger partial charge in [-0.05, 0) is 12.1 Å². The van der Waals surface area contributed by atoms with E-state index in [1.54, 1.807) is 24.3 Å². The predicted octanol–water partition coefficient (Wildman–Crippen LogP) is 0.867. The average Bonchev–Trinajstić information content (AvgIpc) is 2.28. The Morgan fingerprint density at radius 3 is 1.94 bits per heavy atom. The molecule has 0 saturated heterocycles. The van der Waals surface area contributed by atoms with Crippen molar-refractivity contribution < 1.29 is 29.3 Å². The highest BCUT2D eigenvalue weighted by molar-refractivity contribution is 5.68.